The molecule has 25 heavy (non-hydrogen) atoms. The van der Waals surface area contributed by atoms with Gasteiger partial charge in [-0.2, -0.15) is 18.3 Å². The second-order valence-electron chi connectivity index (χ2n) is 6.45. The average Bonchev–Trinajstić information content (AvgIpc) is 2.97. The van der Waals surface area contributed by atoms with Gasteiger partial charge in [0.25, 0.3) is 0 Å². The highest BCUT2D eigenvalue weighted by molar-refractivity contribution is 5.91. The number of benzene rings is 1. The van der Waals surface area contributed by atoms with Crippen LogP contribution >= 0.6 is 0 Å². The Morgan fingerprint density at radius 3 is 2.48 bits per heavy atom. The van der Waals surface area contributed by atoms with Crippen molar-refractivity contribution in [2.75, 3.05) is 5.32 Å². The number of carbonyl (C=O) groups excluding carboxylic acids is 1. The number of carbonyl (C=O) groups is 1. The summed E-state index contributed by atoms with van der Waals surface area (Å²) < 4.78 is 41.0. The molecule has 1 aromatic heterocycles. The molecule has 1 N–H and O–H groups in total. The molecule has 0 bridgehead atoms. The van der Waals surface area contributed by atoms with Crippen molar-refractivity contribution in [3.05, 3.63) is 47.2 Å². The molecule has 1 aliphatic rings. The van der Waals surface area contributed by atoms with Crippen LogP contribution in [0.1, 0.15) is 59.8 Å². The number of hydrogen-bond donors (Lipinski definition) is 1. The molecule has 2 atom stereocenters. The van der Waals surface area contributed by atoms with Gasteiger partial charge in [0.2, 0.25) is 0 Å². The summed E-state index contributed by atoms with van der Waals surface area (Å²) in [7, 11) is 0. The summed E-state index contributed by atoms with van der Waals surface area (Å²) in [6.45, 7) is 4.05. The molecule has 5 nitrogen and oxygen atoms in total. The second-order valence-corrected chi connectivity index (χ2v) is 6.45. The lowest BCUT2D eigenvalue weighted by Gasteiger charge is -2.34. The van der Waals surface area contributed by atoms with Crippen molar-refractivity contribution >= 4 is 11.8 Å². The first-order valence-electron chi connectivity index (χ1n) is 7.90. The molecule has 2 heterocycles. The fourth-order valence-corrected chi connectivity index (χ4v) is 3.04. The van der Waals surface area contributed by atoms with Gasteiger partial charge in [-0.1, -0.05) is 38.1 Å². The summed E-state index contributed by atoms with van der Waals surface area (Å²) in [6.07, 6.45) is -3.92. The van der Waals surface area contributed by atoms with Crippen LogP contribution in [0.25, 0.3) is 0 Å². The van der Waals surface area contributed by atoms with E-state index in [2.05, 4.69) is 10.4 Å². The number of carboxylic acid groups (broad SMARTS) is 1. The molecular formula is C17H17F3N3O2-. The van der Waals surface area contributed by atoms with Crippen molar-refractivity contribution < 1.29 is 23.1 Å². The summed E-state index contributed by atoms with van der Waals surface area (Å²) in [5.41, 5.74) is 1.36. The standard InChI is InChI=1S/C17H18F3N3O2/c1-9(2)10-3-5-11(6-4-10)13-7-14(17(18,19)20)23-15(22-13)12(8-21-23)16(24)25/h3-6,8-9,13-14,22H,7H2,1-2H3,(H,24,25)/p-1/t13-,14+/m1/s1. The summed E-state index contributed by atoms with van der Waals surface area (Å²) in [5.74, 6) is -1.43. The van der Waals surface area contributed by atoms with E-state index < -0.39 is 24.2 Å². The van der Waals surface area contributed by atoms with E-state index in [-0.39, 0.29) is 17.8 Å². The lowest BCUT2D eigenvalue weighted by atomic mass is 9.94. The van der Waals surface area contributed by atoms with Crippen molar-refractivity contribution in [2.24, 2.45) is 0 Å². The Morgan fingerprint density at radius 2 is 1.96 bits per heavy atom. The molecule has 0 unspecified atom stereocenters. The van der Waals surface area contributed by atoms with Crippen LogP contribution < -0.4 is 10.4 Å². The van der Waals surface area contributed by atoms with Gasteiger partial charge in [-0.15, -0.1) is 0 Å². The zero-order valence-electron chi connectivity index (χ0n) is 13.7. The van der Waals surface area contributed by atoms with E-state index in [4.69, 9.17) is 0 Å². The molecule has 2 aromatic rings. The molecule has 0 aliphatic carbocycles. The number of carboxylic acids is 1. The van der Waals surface area contributed by atoms with Crippen LogP contribution in [0, 0.1) is 0 Å². The highest BCUT2D eigenvalue weighted by Gasteiger charge is 2.46. The maximum atomic E-state index is 13.4. The second kappa shape index (κ2) is 6.09. The van der Waals surface area contributed by atoms with Crippen LogP contribution in [0.15, 0.2) is 30.5 Å². The van der Waals surface area contributed by atoms with Gasteiger partial charge < -0.3 is 15.2 Å². The molecule has 1 aromatic carbocycles. The number of hydrogen-bond acceptors (Lipinski definition) is 4. The number of nitrogens with one attached hydrogen (secondary N) is 1. The summed E-state index contributed by atoms with van der Waals surface area (Å²) in [6, 6.07) is 4.71. The fraction of sp³-hybridized carbons (Fsp3) is 0.412. The first-order chi connectivity index (χ1) is 11.7. The number of aromatic carboxylic acids is 1. The first kappa shape index (κ1) is 17.3. The Hall–Kier alpha value is -2.51. The average molecular weight is 352 g/mol. The molecule has 0 amide bonds. The van der Waals surface area contributed by atoms with Crippen LogP contribution in [0.2, 0.25) is 0 Å². The third-order valence-electron chi connectivity index (χ3n) is 4.46. The van der Waals surface area contributed by atoms with Gasteiger partial charge in [0, 0.05) is 6.42 Å². The Morgan fingerprint density at radius 1 is 1.32 bits per heavy atom. The maximum Gasteiger partial charge on any atom is 0.410 e. The van der Waals surface area contributed by atoms with Crippen LogP contribution in [-0.2, 0) is 0 Å². The minimum atomic E-state index is -4.54. The van der Waals surface area contributed by atoms with Gasteiger partial charge in [-0.3, -0.25) is 0 Å². The number of anilines is 1. The van der Waals surface area contributed by atoms with Crippen molar-refractivity contribution in [1.82, 2.24) is 9.78 Å². The molecule has 0 radical (unpaired) electrons. The monoisotopic (exact) mass is 352 g/mol. The fourth-order valence-electron chi connectivity index (χ4n) is 3.04. The largest absolute Gasteiger partial charge is 0.545 e. The van der Waals surface area contributed by atoms with E-state index in [0.717, 1.165) is 11.8 Å². The number of aromatic nitrogens is 2. The highest BCUT2D eigenvalue weighted by atomic mass is 19.4. The molecule has 8 heteroatoms. The van der Waals surface area contributed by atoms with E-state index in [0.29, 0.717) is 16.2 Å². The molecular weight excluding hydrogens is 335 g/mol. The van der Waals surface area contributed by atoms with Crippen molar-refractivity contribution in [3.8, 4) is 0 Å². The van der Waals surface area contributed by atoms with Gasteiger partial charge in [0.15, 0.2) is 6.04 Å². The highest BCUT2D eigenvalue weighted by Crippen LogP contribution is 2.44. The van der Waals surface area contributed by atoms with Crippen LogP contribution in [0.4, 0.5) is 19.0 Å². The quantitative estimate of drug-likeness (QED) is 0.922. The zero-order valence-corrected chi connectivity index (χ0v) is 13.7. The topological polar surface area (TPSA) is 70.0 Å². The summed E-state index contributed by atoms with van der Waals surface area (Å²) in [5, 5.41) is 17.6. The van der Waals surface area contributed by atoms with Gasteiger partial charge >= 0.3 is 6.18 Å². The third kappa shape index (κ3) is 3.20. The number of halogens is 3. The van der Waals surface area contributed by atoms with Gasteiger partial charge in [0.1, 0.15) is 5.82 Å². The maximum absolute atomic E-state index is 13.4. The van der Waals surface area contributed by atoms with E-state index in [9.17, 15) is 23.1 Å². The first-order valence-corrected chi connectivity index (χ1v) is 7.90. The molecule has 134 valence electrons. The zero-order chi connectivity index (χ0) is 18.4. The smallest absolute Gasteiger partial charge is 0.410 e. The van der Waals surface area contributed by atoms with Gasteiger partial charge in [-0.05, 0) is 17.0 Å². The molecule has 1 aliphatic heterocycles. The molecule has 0 fully saturated rings. The number of fused-ring (bicyclic) bond motifs is 1. The number of alkyl halides is 3. The number of nitrogens with zero attached hydrogens (tertiary/aromatic N) is 2. The summed E-state index contributed by atoms with van der Waals surface area (Å²) >= 11 is 0. The molecule has 0 saturated heterocycles. The lowest BCUT2D eigenvalue weighted by molar-refractivity contribution is -0.255. The normalized spacial score (nSPS) is 20.2. The minimum Gasteiger partial charge on any atom is -0.545 e. The minimum absolute atomic E-state index is 0.175. The van der Waals surface area contributed by atoms with E-state index >= 15 is 0 Å². The van der Waals surface area contributed by atoms with Crippen LogP contribution in [-0.4, -0.2) is 21.9 Å². The number of rotatable bonds is 3. The Bertz CT molecular complexity index is 781. The summed E-state index contributed by atoms with van der Waals surface area (Å²) in [4.78, 5) is 11.2. The van der Waals surface area contributed by atoms with Gasteiger partial charge in [0.05, 0.1) is 23.8 Å². The Balaban J connectivity index is 2.00. The Labute approximate surface area is 142 Å². The predicted molar refractivity (Wildman–Crippen MR) is 83.2 cm³/mol. The van der Waals surface area contributed by atoms with Crippen LogP contribution in [0.3, 0.4) is 0 Å². The molecule has 0 saturated carbocycles. The van der Waals surface area contributed by atoms with Gasteiger partial charge in [-0.25, -0.2) is 4.68 Å². The van der Waals surface area contributed by atoms with Crippen molar-refractivity contribution in [2.45, 2.75) is 44.4 Å². The predicted octanol–water partition coefficient (Wildman–Crippen LogP) is 3.03. The molecule has 3 rings (SSSR count). The van der Waals surface area contributed by atoms with Crippen molar-refractivity contribution in [3.63, 3.8) is 0 Å². The van der Waals surface area contributed by atoms with Crippen LogP contribution in [0.5, 0.6) is 0 Å². The SMILES string of the molecule is CC(C)c1ccc([C@H]2C[C@@H](C(F)(F)F)n3ncc(C(=O)[O-])c3N2)cc1. The molecule has 0 spiro atoms. The van der Waals surface area contributed by atoms with E-state index in [1.807, 2.05) is 26.0 Å². The third-order valence-corrected chi connectivity index (χ3v) is 4.46. The van der Waals surface area contributed by atoms with Crippen molar-refractivity contribution in [1.29, 1.82) is 0 Å². The van der Waals surface area contributed by atoms with E-state index in [1.54, 1.807) is 12.1 Å². The Kier molecular flexibility index (Phi) is 4.22. The van der Waals surface area contributed by atoms with E-state index in [1.165, 1.54) is 0 Å². The lowest BCUT2D eigenvalue weighted by Crippen LogP contribution is -2.36.